The summed E-state index contributed by atoms with van der Waals surface area (Å²) < 4.78 is 42.1. The van der Waals surface area contributed by atoms with Crippen LogP contribution in [-0.4, -0.2) is 39.4 Å². The molecule has 0 fully saturated rings. The molecule has 0 unspecified atom stereocenters. The molecule has 0 saturated heterocycles. The van der Waals surface area contributed by atoms with Gasteiger partial charge < -0.3 is 10.1 Å². The second-order valence-electron chi connectivity index (χ2n) is 4.33. The lowest BCUT2D eigenvalue weighted by Crippen LogP contribution is -2.36. The normalized spacial score (nSPS) is 13.3. The number of ether oxygens (including phenoxy) is 1. The first kappa shape index (κ1) is 15.2. The van der Waals surface area contributed by atoms with E-state index in [1.807, 2.05) is 0 Å². The molecular formula is C12H13F3N4O2. The van der Waals surface area contributed by atoms with Crippen molar-refractivity contribution in [3.8, 4) is 0 Å². The number of alkyl halides is 3. The average molecular weight is 302 g/mol. The van der Waals surface area contributed by atoms with Crippen LogP contribution < -0.4 is 5.32 Å². The van der Waals surface area contributed by atoms with Crippen molar-refractivity contribution in [3.05, 3.63) is 30.2 Å². The molecule has 2 rings (SSSR count). The fourth-order valence-electron chi connectivity index (χ4n) is 1.62. The van der Waals surface area contributed by atoms with Crippen LogP contribution in [0.4, 0.5) is 13.2 Å². The van der Waals surface area contributed by atoms with Crippen molar-refractivity contribution in [2.45, 2.75) is 25.7 Å². The van der Waals surface area contributed by atoms with Crippen LogP contribution in [0.3, 0.4) is 0 Å². The van der Waals surface area contributed by atoms with Crippen LogP contribution in [0.15, 0.2) is 24.4 Å². The van der Waals surface area contributed by atoms with Gasteiger partial charge >= 0.3 is 6.18 Å². The Morgan fingerprint density at radius 2 is 2.19 bits per heavy atom. The largest absolute Gasteiger partial charge is 0.411 e. The SMILES string of the molecule is C[C@@H](OCC(F)(F)F)C(=O)NCc1nnc2ccccn12. The van der Waals surface area contributed by atoms with Gasteiger partial charge in [-0.05, 0) is 19.1 Å². The molecule has 0 saturated carbocycles. The molecule has 0 aliphatic carbocycles. The van der Waals surface area contributed by atoms with Crippen molar-refractivity contribution in [1.82, 2.24) is 19.9 Å². The smallest absolute Gasteiger partial charge is 0.359 e. The van der Waals surface area contributed by atoms with E-state index in [0.29, 0.717) is 11.5 Å². The quantitative estimate of drug-likeness (QED) is 0.904. The molecule has 1 amide bonds. The van der Waals surface area contributed by atoms with Crippen molar-refractivity contribution < 1.29 is 22.7 Å². The van der Waals surface area contributed by atoms with E-state index in [1.54, 1.807) is 28.8 Å². The third-order valence-corrected chi connectivity index (χ3v) is 2.67. The highest BCUT2D eigenvalue weighted by Gasteiger charge is 2.29. The average Bonchev–Trinajstić information content (AvgIpc) is 2.84. The van der Waals surface area contributed by atoms with E-state index in [1.165, 1.54) is 6.92 Å². The summed E-state index contributed by atoms with van der Waals surface area (Å²) in [4.78, 5) is 11.6. The van der Waals surface area contributed by atoms with Crippen LogP contribution in [0.2, 0.25) is 0 Å². The van der Waals surface area contributed by atoms with Gasteiger partial charge in [-0.15, -0.1) is 10.2 Å². The van der Waals surface area contributed by atoms with E-state index in [0.717, 1.165) is 0 Å². The monoisotopic (exact) mass is 302 g/mol. The minimum atomic E-state index is -4.46. The number of aromatic nitrogens is 3. The highest BCUT2D eigenvalue weighted by Crippen LogP contribution is 2.15. The molecular weight excluding hydrogens is 289 g/mol. The number of carbonyl (C=O) groups is 1. The van der Waals surface area contributed by atoms with E-state index in [-0.39, 0.29) is 6.54 Å². The Bertz CT molecular complexity index is 626. The summed E-state index contributed by atoms with van der Waals surface area (Å²) in [5.74, 6) is -0.172. The van der Waals surface area contributed by atoms with Gasteiger partial charge in [0.15, 0.2) is 11.5 Å². The number of rotatable bonds is 5. The third kappa shape index (κ3) is 4.15. The Morgan fingerprint density at radius 3 is 2.90 bits per heavy atom. The fraction of sp³-hybridized carbons (Fsp3) is 0.417. The lowest BCUT2D eigenvalue weighted by molar-refractivity contribution is -0.185. The second kappa shape index (κ2) is 6.08. The molecule has 0 aliphatic heterocycles. The summed E-state index contributed by atoms with van der Waals surface area (Å²) in [6.45, 7) is -0.165. The van der Waals surface area contributed by atoms with Crippen molar-refractivity contribution in [2.24, 2.45) is 0 Å². The summed E-state index contributed by atoms with van der Waals surface area (Å²) in [6, 6.07) is 5.31. The maximum atomic E-state index is 12.0. The number of carbonyl (C=O) groups excluding carboxylic acids is 1. The van der Waals surface area contributed by atoms with Gasteiger partial charge in [-0.1, -0.05) is 6.07 Å². The molecule has 0 radical (unpaired) electrons. The first-order valence-electron chi connectivity index (χ1n) is 6.11. The lowest BCUT2D eigenvalue weighted by Gasteiger charge is -2.14. The van der Waals surface area contributed by atoms with E-state index in [4.69, 9.17) is 0 Å². The third-order valence-electron chi connectivity index (χ3n) is 2.67. The number of amides is 1. The molecule has 6 nitrogen and oxygen atoms in total. The zero-order chi connectivity index (χ0) is 15.5. The van der Waals surface area contributed by atoms with Gasteiger partial charge in [-0.2, -0.15) is 13.2 Å². The first-order valence-corrected chi connectivity index (χ1v) is 6.11. The molecule has 0 spiro atoms. The lowest BCUT2D eigenvalue weighted by atomic mass is 10.3. The molecule has 2 aromatic rings. The molecule has 1 atom stereocenters. The van der Waals surface area contributed by atoms with E-state index in [9.17, 15) is 18.0 Å². The Labute approximate surface area is 117 Å². The van der Waals surface area contributed by atoms with Crippen LogP contribution in [0, 0.1) is 0 Å². The number of pyridine rings is 1. The molecule has 114 valence electrons. The van der Waals surface area contributed by atoms with Crippen molar-refractivity contribution >= 4 is 11.6 Å². The highest BCUT2D eigenvalue weighted by molar-refractivity contribution is 5.80. The van der Waals surface area contributed by atoms with Gasteiger partial charge in [-0.3, -0.25) is 9.20 Å². The molecule has 2 heterocycles. The molecule has 21 heavy (non-hydrogen) atoms. The molecule has 0 aliphatic rings. The van der Waals surface area contributed by atoms with Gasteiger partial charge in [0.05, 0.1) is 6.54 Å². The standard InChI is InChI=1S/C12H13F3N4O2/c1-8(21-7-12(13,14)15)11(20)16-6-10-18-17-9-4-2-3-5-19(9)10/h2-5,8H,6-7H2,1H3,(H,16,20)/t8-/m1/s1. The summed E-state index contributed by atoms with van der Waals surface area (Å²) >= 11 is 0. The first-order chi connectivity index (χ1) is 9.87. The van der Waals surface area contributed by atoms with Gasteiger partial charge in [-0.25, -0.2) is 0 Å². The van der Waals surface area contributed by atoms with Crippen LogP contribution in [-0.2, 0) is 16.1 Å². The van der Waals surface area contributed by atoms with E-state index >= 15 is 0 Å². The van der Waals surface area contributed by atoms with Gasteiger partial charge in [0, 0.05) is 6.20 Å². The maximum Gasteiger partial charge on any atom is 0.411 e. The van der Waals surface area contributed by atoms with Crippen LogP contribution in [0.5, 0.6) is 0 Å². The molecule has 9 heteroatoms. The van der Waals surface area contributed by atoms with Crippen LogP contribution in [0.1, 0.15) is 12.7 Å². The number of nitrogens with zero attached hydrogens (tertiary/aromatic N) is 3. The maximum absolute atomic E-state index is 12.0. The number of nitrogens with one attached hydrogen (secondary N) is 1. The summed E-state index contributed by atoms with van der Waals surface area (Å²) in [5, 5.41) is 10.2. The highest BCUT2D eigenvalue weighted by atomic mass is 19.4. The van der Waals surface area contributed by atoms with Gasteiger partial charge in [0.1, 0.15) is 12.7 Å². The zero-order valence-electron chi connectivity index (χ0n) is 11.1. The van der Waals surface area contributed by atoms with Crippen LogP contribution in [0.25, 0.3) is 5.65 Å². The minimum Gasteiger partial charge on any atom is -0.359 e. The van der Waals surface area contributed by atoms with Crippen molar-refractivity contribution in [3.63, 3.8) is 0 Å². The van der Waals surface area contributed by atoms with Crippen molar-refractivity contribution in [1.29, 1.82) is 0 Å². The van der Waals surface area contributed by atoms with Crippen LogP contribution >= 0.6 is 0 Å². The Balaban J connectivity index is 1.89. The Kier molecular flexibility index (Phi) is 4.41. The zero-order valence-corrected chi connectivity index (χ0v) is 11.1. The Hall–Kier alpha value is -2.16. The Morgan fingerprint density at radius 1 is 1.43 bits per heavy atom. The molecule has 0 aromatic carbocycles. The molecule has 2 aromatic heterocycles. The number of halogens is 3. The number of hydrogen-bond acceptors (Lipinski definition) is 4. The summed E-state index contributed by atoms with van der Waals surface area (Å²) in [6.07, 6.45) is -3.94. The minimum absolute atomic E-state index is 0.0454. The molecule has 1 N–H and O–H groups in total. The predicted molar refractivity (Wildman–Crippen MR) is 66.3 cm³/mol. The summed E-state index contributed by atoms with van der Waals surface area (Å²) in [5.41, 5.74) is 0.614. The second-order valence-corrected chi connectivity index (χ2v) is 4.33. The van der Waals surface area contributed by atoms with E-state index in [2.05, 4.69) is 20.3 Å². The van der Waals surface area contributed by atoms with Gasteiger partial charge in [0.25, 0.3) is 0 Å². The topological polar surface area (TPSA) is 68.5 Å². The number of fused-ring (bicyclic) bond motifs is 1. The number of hydrogen-bond donors (Lipinski definition) is 1. The van der Waals surface area contributed by atoms with E-state index < -0.39 is 24.8 Å². The predicted octanol–water partition coefficient (Wildman–Crippen LogP) is 1.31. The van der Waals surface area contributed by atoms with Gasteiger partial charge in [0.2, 0.25) is 5.91 Å². The fourth-order valence-corrected chi connectivity index (χ4v) is 1.62. The molecule has 0 bridgehead atoms. The summed E-state index contributed by atoms with van der Waals surface area (Å²) in [7, 11) is 0. The van der Waals surface area contributed by atoms with Crippen molar-refractivity contribution in [2.75, 3.05) is 6.61 Å².